The Hall–Kier alpha value is -3.80. The molecule has 2 N–H and O–H groups in total. The molecule has 3 aromatic carbocycles. The number of hydrogen-bond acceptors (Lipinski definition) is 4. The molecule has 0 aliphatic carbocycles. The largest absolute Gasteiger partial charge is 0.507 e. The second-order valence-corrected chi connectivity index (χ2v) is 12.1. The standard InChI is InChI=1S/C33H42N2O4/c1-32(2,3)26-20-22(21-27(30(26)37)33(4,5)6)14-19-28(36)35(7)29(23-12-10-9-11-13-23)31(38)34-24-15-17-25(39-8)18-16-24/h9-13,15-18,20-21,29,37H,14,19H2,1-8H3,(H,34,38)/t29-/m1/s1. The maximum Gasteiger partial charge on any atom is 0.251 e. The minimum Gasteiger partial charge on any atom is -0.507 e. The lowest BCUT2D eigenvalue weighted by Crippen LogP contribution is -2.38. The Morgan fingerprint density at radius 2 is 1.44 bits per heavy atom. The first-order valence-corrected chi connectivity index (χ1v) is 13.3. The van der Waals surface area contributed by atoms with Crippen LogP contribution in [0.25, 0.3) is 0 Å². The van der Waals surface area contributed by atoms with Crippen LogP contribution in [-0.4, -0.2) is 36.0 Å². The first kappa shape index (κ1) is 29.8. The predicted molar refractivity (Wildman–Crippen MR) is 157 cm³/mol. The highest BCUT2D eigenvalue weighted by Crippen LogP contribution is 2.40. The maximum absolute atomic E-state index is 13.5. The van der Waals surface area contributed by atoms with E-state index in [0.717, 1.165) is 22.3 Å². The van der Waals surface area contributed by atoms with E-state index in [1.54, 1.807) is 38.4 Å². The van der Waals surface area contributed by atoms with Gasteiger partial charge in [-0.05, 0) is 63.8 Å². The quantitative estimate of drug-likeness (QED) is 0.337. The van der Waals surface area contributed by atoms with Gasteiger partial charge in [0.15, 0.2) is 0 Å². The monoisotopic (exact) mass is 530 g/mol. The lowest BCUT2D eigenvalue weighted by atomic mass is 9.78. The summed E-state index contributed by atoms with van der Waals surface area (Å²) in [6.07, 6.45) is 0.727. The van der Waals surface area contributed by atoms with Gasteiger partial charge >= 0.3 is 0 Å². The highest BCUT2D eigenvalue weighted by atomic mass is 16.5. The van der Waals surface area contributed by atoms with Crippen LogP contribution in [0.2, 0.25) is 0 Å². The molecule has 0 spiro atoms. The summed E-state index contributed by atoms with van der Waals surface area (Å²) in [6.45, 7) is 12.4. The topological polar surface area (TPSA) is 78.9 Å². The number of anilines is 1. The Labute approximate surface area is 233 Å². The molecule has 208 valence electrons. The summed E-state index contributed by atoms with van der Waals surface area (Å²) >= 11 is 0. The van der Waals surface area contributed by atoms with Gasteiger partial charge in [0.2, 0.25) is 5.91 Å². The number of methoxy groups -OCH3 is 1. The van der Waals surface area contributed by atoms with Gasteiger partial charge in [-0.2, -0.15) is 0 Å². The van der Waals surface area contributed by atoms with E-state index < -0.39 is 6.04 Å². The number of phenolic OH excluding ortho intramolecular Hbond substituents is 1. The number of rotatable bonds is 8. The Bertz CT molecular complexity index is 1250. The van der Waals surface area contributed by atoms with Gasteiger partial charge in [-0.3, -0.25) is 9.59 Å². The number of carbonyl (C=O) groups excluding carboxylic acids is 2. The van der Waals surface area contributed by atoms with E-state index in [4.69, 9.17) is 4.74 Å². The van der Waals surface area contributed by atoms with E-state index in [0.29, 0.717) is 23.6 Å². The Morgan fingerprint density at radius 3 is 1.92 bits per heavy atom. The van der Waals surface area contributed by atoms with Crippen molar-refractivity contribution in [1.82, 2.24) is 4.90 Å². The maximum atomic E-state index is 13.5. The lowest BCUT2D eigenvalue weighted by Gasteiger charge is -2.29. The zero-order valence-electron chi connectivity index (χ0n) is 24.5. The van der Waals surface area contributed by atoms with Crippen molar-refractivity contribution in [3.63, 3.8) is 0 Å². The molecule has 3 aromatic rings. The van der Waals surface area contributed by atoms with Gasteiger partial charge in [0, 0.05) is 19.2 Å². The van der Waals surface area contributed by atoms with Crippen molar-refractivity contribution in [1.29, 1.82) is 0 Å². The van der Waals surface area contributed by atoms with Gasteiger partial charge in [0.05, 0.1) is 7.11 Å². The normalized spacial score (nSPS) is 12.5. The summed E-state index contributed by atoms with van der Waals surface area (Å²) in [5, 5.41) is 14.0. The zero-order valence-corrected chi connectivity index (χ0v) is 24.5. The van der Waals surface area contributed by atoms with Gasteiger partial charge in [0.25, 0.3) is 5.91 Å². The molecule has 0 bridgehead atoms. The molecule has 0 aliphatic heterocycles. The van der Waals surface area contributed by atoms with Gasteiger partial charge in [-0.15, -0.1) is 0 Å². The fraction of sp³-hybridized carbons (Fsp3) is 0.394. The Morgan fingerprint density at radius 1 is 0.897 bits per heavy atom. The van der Waals surface area contributed by atoms with Crippen molar-refractivity contribution in [3.05, 3.63) is 89.0 Å². The van der Waals surface area contributed by atoms with Crippen LogP contribution in [0.4, 0.5) is 5.69 Å². The number of aryl methyl sites for hydroxylation is 1. The van der Waals surface area contributed by atoms with E-state index in [1.807, 2.05) is 42.5 Å². The van der Waals surface area contributed by atoms with E-state index in [2.05, 4.69) is 46.9 Å². The summed E-state index contributed by atoms with van der Waals surface area (Å²) in [6, 6.07) is 19.6. The molecule has 1 atom stereocenters. The molecule has 6 heteroatoms. The average molecular weight is 531 g/mol. The molecule has 3 rings (SSSR count). The van der Waals surface area contributed by atoms with Crippen molar-refractivity contribution in [2.45, 2.75) is 71.3 Å². The van der Waals surface area contributed by atoms with Gasteiger partial charge in [-0.25, -0.2) is 0 Å². The highest BCUT2D eigenvalue weighted by Gasteiger charge is 2.30. The molecule has 2 amide bonds. The van der Waals surface area contributed by atoms with Gasteiger partial charge < -0.3 is 20.1 Å². The summed E-state index contributed by atoms with van der Waals surface area (Å²) in [7, 11) is 3.26. The predicted octanol–water partition coefficient (Wildman–Crippen LogP) is 6.77. The first-order chi connectivity index (χ1) is 18.2. The van der Waals surface area contributed by atoms with Crippen LogP contribution < -0.4 is 10.1 Å². The van der Waals surface area contributed by atoms with Gasteiger partial charge in [-0.1, -0.05) is 84.0 Å². The molecule has 39 heavy (non-hydrogen) atoms. The molecule has 6 nitrogen and oxygen atoms in total. The third-order valence-electron chi connectivity index (χ3n) is 6.92. The third-order valence-corrected chi connectivity index (χ3v) is 6.92. The number of phenols is 1. The second kappa shape index (κ2) is 11.9. The Kier molecular flexibility index (Phi) is 9.10. The molecule has 0 heterocycles. The van der Waals surface area contributed by atoms with Crippen molar-refractivity contribution >= 4 is 17.5 Å². The van der Waals surface area contributed by atoms with Crippen LogP contribution in [0.1, 0.15) is 76.3 Å². The molecule has 0 radical (unpaired) electrons. The Balaban J connectivity index is 1.85. The highest BCUT2D eigenvalue weighted by molar-refractivity contribution is 5.97. The molecule has 0 saturated carbocycles. The van der Waals surface area contributed by atoms with E-state index in [-0.39, 0.29) is 29.1 Å². The minimum atomic E-state index is -0.795. The van der Waals surface area contributed by atoms with E-state index in [1.165, 1.54) is 4.90 Å². The third kappa shape index (κ3) is 7.41. The van der Waals surface area contributed by atoms with Crippen molar-refractivity contribution < 1.29 is 19.4 Å². The number of nitrogens with one attached hydrogen (secondary N) is 1. The number of benzene rings is 3. The summed E-state index contributed by atoms with van der Waals surface area (Å²) in [5.41, 5.74) is 3.57. The molecule has 0 saturated heterocycles. The van der Waals surface area contributed by atoms with Crippen LogP contribution in [-0.2, 0) is 26.8 Å². The number of amides is 2. The fourth-order valence-electron chi connectivity index (χ4n) is 4.62. The minimum absolute atomic E-state index is 0.142. The fourth-order valence-corrected chi connectivity index (χ4v) is 4.62. The van der Waals surface area contributed by atoms with Crippen molar-refractivity contribution in [2.75, 3.05) is 19.5 Å². The first-order valence-electron chi connectivity index (χ1n) is 13.3. The van der Waals surface area contributed by atoms with Crippen molar-refractivity contribution in [3.8, 4) is 11.5 Å². The zero-order chi connectivity index (χ0) is 29.0. The number of nitrogens with zero attached hydrogens (tertiary/aromatic N) is 1. The SMILES string of the molecule is COc1ccc(NC(=O)[C@@H](c2ccccc2)N(C)C(=O)CCc2cc(C(C)(C)C)c(O)c(C(C)(C)C)c2)cc1. The smallest absolute Gasteiger partial charge is 0.251 e. The van der Waals surface area contributed by atoms with Crippen LogP contribution in [0.3, 0.4) is 0 Å². The van der Waals surface area contributed by atoms with Gasteiger partial charge in [0.1, 0.15) is 17.5 Å². The summed E-state index contributed by atoms with van der Waals surface area (Å²) in [5.74, 6) is 0.577. The molecular formula is C33H42N2O4. The average Bonchev–Trinajstić information content (AvgIpc) is 2.87. The molecular weight excluding hydrogens is 488 g/mol. The number of hydrogen-bond donors (Lipinski definition) is 2. The number of ether oxygens (including phenoxy) is 1. The van der Waals surface area contributed by atoms with E-state index >= 15 is 0 Å². The van der Waals surface area contributed by atoms with Crippen molar-refractivity contribution in [2.24, 2.45) is 0 Å². The second-order valence-electron chi connectivity index (χ2n) is 12.1. The molecule has 0 aromatic heterocycles. The molecule has 0 fully saturated rings. The van der Waals surface area contributed by atoms with Crippen LogP contribution in [0.15, 0.2) is 66.7 Å². The van der Waals surface area contributed by atoms with Crippen LogP contribution >= 0.6 is 0 Å². The van der Waals surface area contributed by atoms with Crippen LogP contribution in [0.5, 0.6) is 11.5 Å². The lowest BCUT2D eigenvalue weighted by molar-refractivity contribution is -0.137. The molecule has 0 unspecified atom stereocenters. The summed E-state index contributed by atoms with van der Waals surface area (Å²) < 4.78 is 5.20. The number of carbonyl (C=O) groups is 2. The van der Waals surface area contributed by atoms with Crippen LogP contribution in [0, 0.1) is 0 Å². The molecule has 0 aliphatic rings. The number of likely N-dealkylation sites (N-methyl/N-ethyl adjacent to an activating group) is 1. The van der Waals surface area contributed by atoms with E-state index in [9.17, 15) is 14.7 Å². The summed E-state index contributed by atoms with van der Waals surface area (Å²) in [4.78, 5) is 28.5. The number of aromatic hydroxyl groups is 1.